The third-order valence-corrected chi connectivity index (χ3v) is 10.9. The Labute approximate surface area is 298 Å². The lowest BCUT2D eigenvalue weighted by Gasteiger charge is -2.30. The molecule has 3 heterocycles. The molecule has 0 bridgehead atoms. The highest BCUT2D eigenvalue weighted by atomic mass is 32.2. The van der Waals surface area contributed by atoms with Crippen LogP contribution in [0.1, 0.15) is 26.5 Å². The number of aromatic nitrogens is 4. The van der Waals surface area contributed by atoms with Crippen LogP contribution in [0.3, 0.4) is 0 Å². The average molecular weight is 825 g/mol. The lowest BCUT2D eigenvalue weighted by molar-refractivity contribution is -0.137. The number of anilines is 1. The molecule has 1 saturated heterocycles. The van der Waals surface area contributed by atoms with Crippen LogP contribution in [-0.4, -0.2) is 129 Å². The van der Waals surface area contributed by atoms with Gasteiger partial charge in [-0.1, -0.05) is 25.6 Å². The van der Waals surface area contributed by atoms with E-state index in [0.29, 0.717) is 5.75 Å². The van der Waals surface area contributed by atoms with Crippen LogP contribution >= 0.6 is 35.2 Å². The molecule has 2 aromatic rings. The van der Waals surface area contributed by atoms with Gasteiger partial charge in [0.05, 0.1) is 26.1 Å². The van der Waals surface area contributed by atoms with Crippen molar-refractivity contribution < 1.29 is 80.5 Å². The molecule has 294 valence electrons. The number of hydrogen-bond donors (Lipinski definition) is 10. The number of carbonyl (C=O) groups excluding carboxylic acids is 3. The molecule has 2 aromatic heterocycles. The summed E-state index contributed by atoms with van der Waals surface area (Å²) < 4.78 is 61.8. The number of thioether (sulfide) groups is 1. The molecule has 1 aliphatic rings. The number of nitrogen functional groups attached to an aromatic ring is 1. The highest BCUT2D eigenvalue weighted by molar-refractivity contribution is 8.13. The van der Waals surface area contributed by atoms with Crippen LogP contribution in [0.4, 0.5) is 5.82 Å². The van der Waals surface area contributed by atoms with Gasteiger partial charge in [0.15, 0.2) is 17.7 Å². The summed E-state index contributed by atoms with van der Waals surface area (Å²) in [7, 11) is -16.4. The second-order valence-corrected chi connectivity index (χ2v) is 16.9. The molecule has 1 aliphatic heterocycles. The summed E-state index contributed by atoms with van der Waals surface area (Å²) >= 11 is 0.945. The first-order valence-electron chi connectivity index (χ1n) is 14.8. The number of rotatable bonds is 20. The Balaban J connectivity index is 1.54. The van der Waals surface area contributed by atoms with Gasteiger partial charge in [0.1, 0.15) is 36.3 Å². The van der Waals surface area contributed by atoms with E-state index in [1.807, 2.05) is 0 Å². The molecule has 3 rings (SSSR count). The second-order valence-electron chi connectivity index (χ2n) is 11.5. The zero-order valence-corrected chi connectivity index (χ0v) is 30.9. The van der Waals surface area contributed by atoms with Gasteiger partial charge in [-0.05, 0) is 0 Å². The number of carbonyl (C=O) groups is 3. The number of ether oxygens (including phenoxy) is 1. The van der Waals surface area contributed by atoms with Crippen LogP contribution in [-0.2, 0) is 50.7 Å². The third kappa shape index (κ3) is 12.8. The monoisotopic (exact) mass is 824 g/mol. The van der Waals surface area contributed by atoms with Crippen LogP contribution in [0, 0.1) is 5.41 Å². The number of phosphoric acid groups is 3. The van der Waals surface area contributed by atoms with Crippen molar-refractivity contribution in [2.75, 3.05) is 44.3 Å². The molecule has 29 heteroatoms. The summed E-state index contributed by atoms with van der Waals surface area (Å²) in [5.41, 5.74) is 9.43. The second kappa shape index (κ2) is 18.2. The highest BCUT2D eigenvalue weighted by Gasteiger charge is 2.50. The number of imidazole rings is 1. The maximum atomic E-state index is 12.6. The van der Waals surface area contributed by atoms with Crippen molar-refractivity contribution in [3.8, 4) is 0 Å². The number of hydrogen-bond acceptors (Lipinski definition) is 19. The van der Waals surface area contributed by atoms with Crippen molar-refractivity contribution in [3.63, 3.8) is 0 Å². The van der Waals surface area contributed by atoms with Gasteiger partial charge >= 0.3 is 23.5 Å². The Morgan fingerprint density at radius 1 is 1.08 bits per heavy atom. The molecule has 0 spiro atoms. The maximum absolute atomic E-state index is 12.6. The summed E-state index contributed by atoms with van der Waals surface area (Å²) in [6.45, 7) is 0.286. The average Bonchev–Trinajstić information content (AvgIpc) is 3.60. The minimum atomic E-state index is -5.56. The van der Waals surface area contributed by atoms with Gasteiger partial charge < -0.3 is 56.6 Å². The largest absolute Gasteiger partial charge is 0.481 e. The highest BCUT2D eigenvalue weighted by Crippen LogP contribution is 2.61. The van der Waals surface area contributed by atoms with Crippen LogP contribution in [0.5, 0.6) is 0 Å². The van der Waals surface area contributed by atoms with E-state index in [2.05, 4.69) is 34.4 Å². The first kappa shape index (κ1) is 43.9. The lowest BCUT2D eigenvalue weighted by Crippen LogP contribution is -2.46. The molecular formula is C23H39N8O17P3S. The topological polar surface area (TPSA) is 390 Å². The van der Waals surface area contributed by atoms with Crippen LogP contribution in [0.25, 0.3) is 11.2 Å². The van der Waals surface area contributed by atoms with Crippen LogP contribution in [0.15, 0.2) is 12.7 Å². The van der Waals surface area contributed by atoms with E-state index < -0.39 is 84.6 Å². The Hall–Kier alpha value is -2.48. The van der Waals surface area contributed by atoms with Crippen molar-refractivity contribution in [2.24, 2.45) is 11.1 Å². The molecule has 2 unspecified atom stereocenters. The molecule has 52 heavy (non-hydrogen) atoms. The molecule has 25 nitrogen and oxygen atoms in total. The van der Waals surface area contributed by atoms with E-state index in [-0.39, 0.29) is 48.2 Å². The zero-order chi connectivity index (χ0) is 39.1. The Morgan fingerprint density at radius 2 is 1.75 bits per heavy atom. The van der Waals surface area contributed by atoms with Gasteiger partial charge in [-0.3, -0.25) is 32.5 Å². The number of nitrogens with zero attached hydrogens (tertiary/aromatic N) is 4. The molecule has 0 saturated carbocycles. The van der Waals surface area contributed by atoms with Crippen LogP contribution < -0.4 is 22.1 Å². The van der Waals surface area contributed by atoms with E-state index in [0.717, 1.165) is 29.0 Å². The van der Waals surface area contributed by atoms with E-state index >= 15 is 0 Å². The number of aliphatic hydroxyl groups excluding tert-OH is 2. The molecule has 2 amide bonds. The van der Waals surface area contributed by atoms with E-state index in [9.17, 15) is 57.9 Å². The van der Waals surface area contributed by atoms with Gasteiger partial charge in [-0.2, -0.15) is 4.31 Å². The number of amides is 2. The standard InChI is InChI=1S/C23H39N8O17P3S/c1-23(2,18(35)21(36)27-4-3-13(32)26-5-6-52-14(33)7-24)9-45-51(42,43)48-50(40,41)44-8-12-17(47-49(37,38)39)16(34)22(46-12)31-11-30-15-19(25)28-10-29-20(15)31/h10-12,16-18,22,34-35H,3-9,24H2,1-2H3,(H,26,32)(H,27,36)(H,40,41)(H,42,43)(H2,25,28,29)(H2,37,38,39)/t12-,16-,17-,18+,22-/m1/s1. The van der Waals surface area contributed by atoms with Crippen molar-refractivity contribution in [3.05, 3.63) is 12.7 Å². The van der Waals surface area contributed by atoms with E-state index in [1.54, 1.807) is 0 Å². The van der Waals surface area contributed by atoms with Crippen molar-refractivity contribution in [1.29, 1.82) is 0 Å². The number of fused-ring (bicyclic) bond motifs is 1. The maximum Gasteiger partial charge on any atom is 0.481 e. The summed E-state index contributed by atoms with van der Waals surface area (Å²) in [4.78, 5) is 86.3. The smallest absolute Gasteiger partial charge is 0.386 e. The SMILES string of the molecule is CC(C)(COP(=O)(O)OP(=O)(O)OC[C@H]1O[C@@H](n2cnc3c(N)ncnc32)[C@H](O)[C@@H]1OP(=O)(O)O)[C@@H](O)C(=O)NCCC(=O)NCCSC(=O)CN. The van der Waals surface area contributed by atoms with Crippen molar-refractivity contribution in [1.82, 2.24) is 30.2 Å². The molecule has 1 fully saturated rings. The molecule has 0 aliphatic carbocycles. The fraction of sp³-hybridized carbons (Fsp3) is 0.652. The predicted octanol–water partition coefficient (Wildman–Crippen LogP) is -2.38. The first-order chi connectivity index (χ1) is 24.1. The van der Waals surface area contributed by atoms with Crippen LogP contribution in [0.2, 0.25) is 0 Å². The Morgan fingerprint density at radius 3 is 2.40 bits per heavy atom. The van der Waals surface area contributed by atoms with Crippen molar-refractivity contribution >= 4 is 69.1 Å². The summed E-state index contributed by atoms with van der Waals surface area (Å²) in [5, 5.41) is 25.9. The minimum absolute atomic E-state index is 0.0283. The molecular weight excluding hydrogens is 785 g/mol. The molecule has 7 atom stereocenters. The zero-order valence-electron chi connectivity index (χ0n) is 27.4. The normalized spacial score (nSPS) is 22.4. The van der Waals surface area contributed by atoms with Gasteiger partial charge in [-0.15, -0.1) is 0 Å². The quantitative estimate of drug-likeness (QED) is 0.0492. The van der Waals surface area contributed by atoms with E-state index in [1.165, 1.54) is 13.8 Å². The fourth-order valence-corrected chi connectivity index (χ4v) is 7.73. The van der Waals surface area contributed by atoms with Crippen molar-refractivity contribution in [2.45, 2.75) is 50.9 Å². The molecule has 12 N–H and O–H groups in total. The van der Waals surface area contributed by atoms with Gasteiger partial charge in [0.25, 0.3) is 0 Å². The summed E-state index contributed by atoms with van der Waals surface area (Å²) in [6.07, 6.45) is -6.94. The fourth-order valence-electron chi connectivity index (χ4n) is 4.35. The summed E-state index contributed by atoms with van der Waals surface area (Å²) in [6, 6.07) is 0. The number of nitrogens with one attached hydrogen (secondary N) is 2. The Kier molecular flexibility index (Phi) is 15.4. The minimum Gasteiger partial charge on any atom is -0.386 e. The lowest BCUT2D eigenvalue weighted by atomic mass is 9.87. The third-order valence-electron chi connectivity index (χ3n) is 6.93. The van der Waals surface area contributed by atoms with Gasteiger partial charge in [0, 0.05) is 30.7 Å². The number of phosphoric ester groups is 3. The Bertz CT molecular complexity index is 1730. The number of nitrogens with two attached hydrogens (primary N) is 2. The predicted molar refractivity (Wildman–Crippen MR) is 176 cm³/mol. The van der Waals surface area contributed by atoms with E-state index in [4.69, 9.17) is 25.3 Å². The van der Waals surface area contributed by atoms with Gasteiger partial charge in [0.2, 0.25) is 16.9 Å². The first-order valence-corrected chi connectivity index (χ1v) is 20.3. The summed E-state index contributed by atoms with van der Waals surface area (Å²) in [5.74, 6) is -1.19. The van der Waals surface area contributed by atoms with Gasteiger partial charge in [-0.25, -0.2) is 28.6 Å². The molecule has 0 radical (unpaired) electrons. The number of aliphatic hydroxyl groups is 2. The molecule has 0 aromatic carbocycles.